The van der Waals surface area contributed by atoms with Crippen LogP contribution in [0.3, 0.4) is 0 Å². The van der Waals surface area contributed by atoms with Crippen molar-refractivity contribution in [3.05, 3.63) is 54.6 Å². The van der Waals surface area contributed by atoms with E-state index in [9.17, 15) is 19.2 Å². The SMILES string of the molecule is CC(=O)Nc1ccc(NC(=O)[C@H](C)OC(=O)CNC(=O)COc2ccccc2)cc1. The van der Waals surface area contributed by atoms with Crippen LogP contribution in [0.25, 0.3) is 0 Å². The first kappa shape index (κ1) is 22.4. The van der Waals surface area contributed by atoms with Gasteiger partial charge in [-0.2, -0.15) is 0 Å². The third kappa shape index (κ3) is 8.01. The second-order valence-corrected chi connectivity index (χ2v) is 6.26. The first-order valence-corrected chi connectivity index (χ1v) is 9.16. The van der Waals surface area contributed by atoms with Gasteiger partial charge in [0.2, 0.25) is 5.91 Å². The van der Waals surface area contributed by atoms with Crippen molar-refractivity contribution in [1.82, 2.24) is 5.32 Å². The summed E-state index contributed by atoms with van der Waals surface area (Å²) in [5.74, 6) is -1.45. The quantitative estimate of drug-likeness (QED) is 0.538. The van der Waals surface area contributed by atoms with E-state index in [-0.39, 0.29) is 19.1 Å². The van der Waals surface area contributed by atoms with Crippen LogP contribution in [0.5, 0.6) is 5.75 Å². The number of hydrogen-bond donors (Lipinski definition) is 3. The summed E-state index contributed by atoms with van der Waals surface area (Å²) < 4.78 is 10.3. The van der Waals surface area contributed by atoms with Crippen LogP contribution in [-0.4, -0.2) is 42.9 Å². The molecule has 0 saturated heterocycles. The molecular formula is C21H23N3O6. The Kier molecular flexibility index (Phi) is 8.37. The largest absolute Gasteiger partial charge is 0.484 e. The lowest BCUT2D eigenvalue weighted by atomic mass is 10.2. The molecule has 30 heavy (non-hydrogen) atoms. The zero-order valence-electron chi connectivity index (χ0n) is 16.6. The summed E-state index contributed by atoms with van der Waals surface area (Å²) in [6.07, 6.45) is -1.06. The topological polar surface area (TPSA) is 123 Å². The Balaban J connectivity index is 1.70. The van der Waals surface area contributed by atoms with Crippen molar-refractivity contribution in [2.45, 2.75) is 20.0 Å². The van der Waals surface area contributed by atoms with Gasteiger partial charge in [-0.05, 0) is 43.3 Å². The van der Waals surface area contributed by atoms with E-state index in [1.54, 1.807) is 48.5 Å². The maximum absolute atomic E-state index is 12.1. The van der Waals surface area contributed by atoms with Gasteiger partial charge in [0.05, 0.1) is 0 Å². The molecule has 0 bridgehead atoms. The van der Waals surface area contributed by atoms with Crippen LogP contribution in [0.4, 0.5) is 11.4 Å². The molecule has 0 heterocycles. The normalized spacial score (nSPS) is 11.0. The highest BCUT2D eigenvalue weighted by molar-refractivity contribution is 5.96. The van der Waals surface area contributed by atoms with Crippen LogP contribution < -0.4 is 20.7 Å². The monoisotopic (exact) mass is 413 g/mol. The fourth-order valence-corrected chi connectivity index (χ4v) is 2.26. The fraction of sp³-hybridized carbons (Fsp3) is 0.238. The standard InChI is InChI=1S/C21H23N3O6/c1-14(21(28)24-17-10-8-16(9-11-17)23-15(2)25)30-20(27)12-22-19(26)13-29-18-6-4-3-5-7-18/h3-11,14H,12-13H2,1-2H3,(H,22,26)(H,23,25)(H,24,28)/t14-/m0/s1. The molecule has 0 aliphatic carbocycles. The van der Waals surface area contributed by atoms with Gasteiger partial charge in [-0.1, -0.05) is 18.2 Å². The number of ether oxygens (including phenoxy) is 2. The van der Waals surface area contributed by atoms with Gasteiger partial charge in [-0.25, -0.2) is 0 Å². The van der Waals surface area contributed by atoms with E-state index in [1.807, 2.05) is 6.07 Å². The number of hydrogen-bond acceptors (Lipinski definition) is 6. The summed E-state index contributed by atoms with van der Waals surface area (Å²) in [4.78, 5) is 46.7. The lowest BCUT2D eigenvalue weighted by Gasteiger charge is -2.14. The molecule has 0 aliphatic rings. The molecule has 3 amide bonds. The number of rotatable bonds is 9. The fourth-order valence-electron chi connectivity index (χ4n) is 2.26. The first-order valence-electron chi connectivity index (χ1n) is 9.16. The van der Waals surface area contributed by atoms with Gasteiger partial charge < -0.3 is 25.4 Å². The summed E-state index contributed by atoms with van der Waals surface area (Å²) in [6, 6.07) is 15.2. The molecule has 9 nitrogen and oxygen atoms in total. The van der Waals surface area contributed by atoms with Gasteiger partial charge in [-0.3, -0.25) is 19.2 Å². The second-order valence-electron chi connectivity index (χ2n) is 6.26. The number of nitrogens with one attached hydrogen (secondary N) is 3. The average molecular weight is 413 g/mol. The second kappa shape index (κ2) is 11.2. The number of amides is 3. The summed E-state index contributed by atoms with van der Waals surface area (Å²) in [5.41, 5.74) is 1.07. The van der Waals surface area contributed by atoms with Crippen molar-refractivity contribution in [2.24, 2.45) is 0 Å². The Bertz CT molecular complexity index is 883. The molecule has 0 unspecified atom stereocenters. The molecule has 0 saturated carbocycles. The van der Waals surface area contributed by atoms with Crippen LogP contribution in [-0.2, 0) is 23.9 Å². The third-order valence-corrected chi connectivity index (χ3v) is 3.69. The number of esters is 1. The van der Waals surface area contributed by atoms with E-state index < -0.39 is 23.9 Å². The molecule has 158 valence electrons. The van der Waals surface area contributed by atoms with E-state index in [4.69, 9.17) is 9.47 Å². The molecule has 0 fully saturated rings. The predicted octanol–water partition coefficient (Wildman–Crippen LogP) is 1.71. The number of carbonyl (C=O) groups is 4. The molecular weight excluding hydrogens is 390 g/mol. The summed E-state index contributed by atoms with van der Waals surface area (Å²) in [6.45, 7) is 2.17. The molecule has 9 heteroatoms. The Morgan fingerprint density at radius 2 is 1.50 bits per heavy atom. The van der Waals surface area contributed by atoms with Crippen molar-refractivity contribution in [3.63, 3.8) is 0 Å². The summed E-state index contributed by atoms with van der Waals surface area (Å²) >= 11 is 0. The van der Waals surface area contributed by atoms with E-state index >= 15 is 0 Å². The van der Waals surface area contributed by atoms with Gasteiger partial charge >= 0.3 is 5.97 Å². The Morgan fingerprint density at radius 3 is 2.10 bits per heavy atom. The Morgan fingerprint density at radius 1 is 0.900 bits per heavy atom. The Hall–Kier alpha value is -3.88. The number of carbonyl (C=O) groups excluding carboxylic acids is 4. The molecule has 0 aliphatic heterocycles. The maximum atomic E-state index is 12.1. The highest BCUT2D eigenvalue weighted by atomic mass is 16.5. The molecule has 2 aromatic rings. The minimum absolute atomic E-state index is 0.203. The van der Waals surface area contributed by atoms with Crippen molar-refractivity contribution in [2.75, 3.05) is 23.8 Å². The van der Waals surface area contributed by atoms with E-state index in [2.05, 4.69) is 16.0 Å². The van der Waals surface area contributed by atoms with E-state index in [1.165, 1.54) is 13.8 Å². The molecule has 1 atom stereocenters. The lowest BCUT2D eigenvalue weighted by Crippen LogP contribution is -2.37. The third-order valence-electron chi connectivity index (χ3n) is 3.69. The maximum Gasteiger partial charge on any atom is 0.326 e. The van der Waals surface area contributed by atoms with E-state index in [0.29, 0.717) is 17.1 Å². The number of anilines is 2. The number of para-hydroxylation sites is 1. The minimum atomic E-state index is -1.06. The average Bonchev–Trinajstić information content (AvgIpc) is 2.72. The molecule has 0 radical (unpaired) electrons. The van der Waals surface area contributed by atoms with Gasteiger partial charge in [0, 0.05) is 18.3 Å². The summed E-state index contributed by atoms with van der Waals surface area (Å²) in [5, 5.41) is 7.57. The van der Waals surface area contributed by atoms with E-state index in [0.717, 1.165) is 0 Å². The number of benzene rings is 2. The van der Waals surface area contributed by atoms with Crippen LogP contribution in [0, 0.1) is 0 Å². The van der Waals surface area contributed by atoms with Crippen molar-refractivity contribution in [1.29, 1.82) is 0 Å². The molecule has 2 aromatic carbocycles. The van der Waals surface area contributed by atoms with Crippen LogP contribution in [0.2, 0.25) is 0 Å². The zero-order valence-corrected chi connectivity index (χ0v) is 16.6. The van der Waals surface area contributed by atoms with Gasteiger partial charge in [0.15, 0.2) is 12.7 Å². The Labute approximate surface area is 173 Å². The summed E-state index contributed by atoms with van der Waals surface area (Å²) in [7, 11) is 0. The molecule has 3 N–H and O–H groups in total. The molecule has 0 aromatic heterocycles. The minimum Gasteiger partial charge on any atom is -0.484 e. The lowest BCUT2D eigenvalue weighted by molar-refractivity contribution is -0.152. The highest BCUT2D eigenvalue weighted by Crippen LogP contribution is 2.14. The van der Waals surface area contributed by atoms with Crippen LogP contribution >= 0.6 is 0 Å². The van der Waals surface area contributed by atoms with Gasteiger partial charge in [-0.15, -0.1) is 0 Å². The van der Waals surface area contributed by atoms with Gasteiger partial charge in [0.25, 0.3) is 11.8 Å². The van der Waals surface area contributed by atoms with Crippen molar-refractivity contribution >= 4 is 35.1 Å². The van der Waals surface area contributed by atoms with Crippen molar-refractivity contribution < 1.29 is 28.7 Å². The first-order chi connectivity index (χ1) is 14.3. The van der Waals surface area contributed by atoms with Crippen LogP contribution in [0.1, 0.15) is 13.8 Å². The predicted molar refractivity (Wildman–Crippen MR) is 110 cm³/mol. The zero-order chi connectivity index (χ0) is 21.9. The molecule has 0 spiro atoms. The van der Waals surface area contributed by atoms with Gasteiger partial charge in [0.1, 0.15) is 12.3 Å². The molecule has 2 rings (SSSR count). The van der Waals surface area contributed by atoms with Crippen LogP contribution in [0.15, 0.2) is 54.6 Å². The van der Waals surface area contributed by atoms with Crippen molar-refractivity contribution in [3.8, 4) is 5.75 Å². The smallest absolute Gasteiger partial charge is 0.326 e. The highest BCUT2D eigenvalue weighted by Gasteiger charge is 2.18.